The summed E-state index contributed by atoms with van der Waals surface area (Å²) >= 11 is 0. The third kappa shape index (κ3) is 6.52. The first-order valence-corrected chi connectivity index (χ1v) is 10.5. The highest BCUT2D eigenvalue weighted by Gasteiger charge is 2.30. The molecule has 18 nitrogen and oxygen atoms in total. The fraction of sp³-hybridized carbons (Fsp3) is 0.0476. The lowest BCUT2D eigenvalue weighted by atomic mass is 9.98. The average Bonchev–Trinajstić information content (AvgIpc) is 2.91. The van der Waals surface area contributed by atoms with Crippen molar-refractivity contribution in [2.45, 2.75) is 5.92 Å². The van der Waals surface area contributed by atoms with E-state index in [1.165, 1.54) is 24.3 Å². The van der Waals surface area contributed by atoms with E-state index in [1.807, 2.05) is 0 Å². The molecule has 3 aromatic rings. The van der Waals surface area contributed by atoms with Gasteiger partial charge in [0.1, 0.15) is 17.3 Å². The van der Waals surface area contributed by atoms with Crippen LogP contribution in [0.1, 0.15) is 11.5 Å². The number of rotatable bonds is 11. The quantitative estimate of drug-likeness (QED) is 0.155. The van der Waals surface area contributed by atoms with Crippen molar-refractivity contribution in [3.63, 3.8) is 0 Å². The van der Waals surface area contributed by atoms with Crippen molar-refractivity contribution in [1.82, 2.24) is 10.9 Å². The lowest BCUT2D eigenvalue weighted by Crippen LogP contribution is -2.43. The lowest BCUT2D eigenvalue weighted by Gasteiger charge is -2.18. The van der Waals surface area contributed by atoms with E-state index >= 15 is 0 Å². The molecule has 3 aromatic carbocycles. The van der Waals surface area contributed by atoms with Gasteiger partial charge < -0.3 is 0 Å². The van der Waals surface area contributed by atoms with E-state index in [0.717, 1.165) is 24.3 Å². The molecule has 39 heavy (non-hydrogen) atoms. The second kappa shape index (κ2) is 11.7. The highest BCUT2D eigenvalue weighted by Crippen LogP contribution is 2.30. The Balaban J connectivity index is 1.83. The molecule has 3 rings (SSSR count). The summed E-state index contributed by atoms with van der Waals surface area (Å²) in [5.41, 5.74) is 5.75. The van der Waals surface area contributed by atoms with Gasteiger partial charge in [0.25, 0.3) is 23.2 Å². The van der Waals surface area contributed by atoms with Gasteiger partial charge >= 0.3 is 11.4 Å². The first-order chi connectivity index (χ1) is 18.5. The van der Waals surface area contributed by atoms with Gasteiger partial charge in [0, 0.05) is 12.1 Å². The monoisotopic (exact) mass is 540 g/mol. The summed E-state index contributed by atoms with van der Waals surface area (Å²) in [4.78, 5) is 67.0. The van der Waals surface area contributed by atoms with Crippen molar-refractivity contribution < 1.29 is 29.3 Å². The minimum atomic E-state index is -1.61. The molecule has 0 saturated carbocycles. The maximum Gasteiger partial charge on any atom is 0.300 e. The third-order valence-electron chi connectivity index (χ3n) is 5.08. The van der Waals surface area contributed by atoms with Crippen molar-refractivity contribution in [1.29, 1.82) is 0 Å². The number of hydrogen-bond acceptors (Lipinski definition) is 12. The molecule has 0 aliphatic carbocycles. The number of hydrogen-bond donors (Lipinski definition) is 4. The number of nitrogens with zero attached hydrogens (tertiary/aromatic N) is 4. The number of carbonyl (C=O) groups is 2. The van der Waals surface area contributed by atoms with E-state index < -0.39 is 60.2 Å². The van der Waals surface area contributed by atoms with Gasteiger partial charge in [-0.15, -0.1) is 0 Å². The van der Waals surface area contributed by atoms with Crippen LogP contribution in [0.15, 0.2) is 66.7 Å². The van der Waals surface area contributed by atoms with Crippen molar-refractivity contribution in [3.8, 4) is 0 Å². The fourth-order valence-electron chi connectivity index (χ4n) is 3.25. The molecule has 0 saturated heterocycles. The van der Waals surface area contributed by atoms with Crippen molar-refractivity contribution in [2.75, 3.05) is 10.9 Å². The van der Waals surface area contributed by atoms with E-state index in [0.29, 0.717) is 12.1 Å². The smallest absolute Gasteiger partial charge is 0.292 e. The summed E-state index contributed by atoms with van der Waals surface area (Å²) in [6, 6.07) is 12.7. The number of nitro groups is 4. The number of non-ortho nitro benzene ring substituents is 2. The van der Waals surface area contributed by atoms with E-state index in [1.54, 1.807) is 6.07 Å². The summed E-state index contributed by atoms with van der Waals surface area (Å²) in [5.74, 6) is -3.65. The summed E-state index contributed by atoms with van der Waals surface area (Å²) in [6.45, 7) is 0. The molecule has 0 aliphatic rings. The summed E-state index contributed by atoms with van der Waals surface area (Å²) in [6.07, 6.45) is 0. The minimum Gasteiger partial charge on any atom is -0.292 e. The molecule has 0 aliphatic heterocycles. The first-order valence-electron chi connectivity index (χ1n) is 10.5. The predicted molar refractivity (Wildman–Crippen MR) is 132 cm³/mol. The number of anilines is 2. The van der Waals surface area contributed by atoms with Crippen LogP contribution in [0.5, 0.6) is 0 Å². The molecule has 0 radical (unpaired) electrons. The summed E-state index contributed by atoms with van der Waals surface area (Å²) < 4.78 is 0. The summed E-state index contributed by atoms with van der Waals surface area (Å²) in [5, 5.41) is 44.5. The molecule has 0 bridgehead atoms. The number of nitro benzene ring substituents is 4. The molecule has 18 heteroatoms. The van der Waals surface area contributed by atoms with Gasteiger partial charge in [0.15, 0.2) is 0 Å². The molecule has 4 N–H and O–H groups in total. The predicted octanol–water partition coefficient (Wildman–Crippen LogP) is 2.69. The zero-order valence-corrected chi connectivity index (χ0v) is 19.3. The van der Waals surface area contributed by atoms with Crippen LogP contribution in [0.25, 0.3) is 0 Å². The molecule has 200 valence electrons. The van der Waals surface area contributed by atoms with E-state index in [-0.39, 0.29) is 16.9 Å². The van der Waals surface area contributed by atoms with Crippen LogP contribution in [-0.2, 0) is 9.59 Å². The zero-order valence-electron chi connectivity index (χ0n) is 19.3. The number of carbonyl (C=O) groups excluding carboxylic acids is 2. The van der Waals surface area contributed by atoms with Gasteiger partial charge in [-0.2, -0.15) is 0 Å². The molecule has 0 fully saturated rings. The first kappa shape index (κ1) is 27.4. The number of benzene rings is 3. The Morgan fingerprint density at radius 3 is 1.36 bits per heavy atom. The highest BCUT2D eigenvalue weighted by atomic mass is 16.6. The summed E-state index contributed by atoms with van der Waals surface area (Å²) in [7, 11) is 0. The molecule has 0 aromatic heterocycles. The largest absolute Gasteiger partial charge is 0.300 e. The second-order valence-corrected chi connectivity index (χ2v) is 7.50. The molecule has 0 heterocycles. The Hall–Kier alpha value is -6.20. The van der Waals surface area contributed by atoms with Crippen LogP contribution in [0.4, 0.5) is 34.1 Å². The van der Waals surface area contributed by atoms with E-state index in [9.17, 15) is 50.0 Å². The Bertz CT molecular complexity index is 1390. The highest BCUT2D eigenvalue weighted by molar-refractivity contribution is 6.06. The van der Waals surface area contributed by atoms with Crippen LogP contribution in [0.2, 0.25) is 0 Å². The van der Waals surface area contributed by atoms with Crippen molar-refractivity contribution in [3.05, 3.63) is 113 Å². The van der Waals surface area contributed by atoms with Crippen molar-refractivity contribution in [2.24, 2.45) is 0 Å². The van der Waals surface area contributed by atoms with Crippen molar-refractivity contribution >= 4 is 45.9 Å². The minimum absolute atomic E-state index is 0.160. The van der Waals surface area contributed by atoms with Gasteiger partial charge in [-0.25, -0.2) is 0 Å². The van der Waals surface area contributed by atoms with Gasteiger partial charge in [0.2, 0.25) is 0 Å². The second-order valence-electron chi connectivity index (χ2n) is 7.50. The maximum absolute atomic E-state index is 13.0. The van der Waals surface area contributed by atoms with Crippen LogP contribution in [-0.4, -0.2) is 31.5 Å². The van der Waals surface area contributed by atoms with Crippen LogP contribution in [0.3, 0.4) is 0 Å². The molecule has 0 unspecified atom stereocenters. The lowest BCUT2D eigenvalue weighted by molar-refractivity contribution is -0.393. The molecule has 0 spiro atoms. The maximum atomic E-state index is 13.0. The molecule has 0 atom stereocenters. The average molecular weight is 540 g/mol. The number of hydrazine groups is 2. The molecule has 2 amide bonds. The van der Waals surface area contributed by atoms with Gasteiger partial charge in [-0.1, -0.05) is 30.3 Å². The van der Waals surface area contributed by atoms with Gasteiger partial charge in [0.05, 0.1) is 31.8 Å². The van der Waals surface area contributed by atoms with Gasteiger partial charge in [-0.3, -0.25) is 71.7 Å². The fourth-order valence-corrected chi connectivity index (χ4v) is 3.25. The Morgan fingerprint density at radius 2 is 1.00 bits per heavy atom. The van der Waals surface area contributed by atoms with E-state index in [4.69, 9.17) is 0 Å². The van der Waals surface area contributed by atoms with Crippen LogP contribution in [0, 0.1) is 40.5 Å². The van der Waals surface area contributed by atoms with Crippen LogP contribution >= 0.6 is 0 Å². The SMILES string of the molecule is O=C(NNc1ccc([N+](=O)[O-])cc1[N+](=O)[O-])C(C(=O)NNc1ccc([N+](=O)[O-])cc1[N+](=O)[O-])c1ccccc1. The molecular weight excluding hydrogens is 524 g/mol. The Kier molecular flexibility index (Phi) is 8.21. The van der Waals surface area contributed by atoms with Gasteiger partial charge in [-0.05, 0) is 17.7 Å². The van der Waals surface area contributed by atoms with Crippen LogP contribution < -0.4 is 21.7 Å². The number of nitrogens with one attached hydrogen (secondary N) is 4. The Labute approximate surface area is 216 Å². The zero-order chi connectivity index (χ0) is 28.7. The standard InChI is InChI=1S/C21H16N8O10/c30-20(24-22-15-8-6-13(26(32)33)10-17(15)28(36)37)19(12-4-2-1-3-5-12)21(31)25-23-16-9-7-14(27(34)35)11-18(16)29(38)39/h1-11,19,22-23H,(H,24,30)(H,25,31). The number of amides is 2. The normalized spacial score (nSPS) is 10.3. The Morgan fingerprint density at radius 1 is 0.590 bits per heavy atom. The topological polar surface area (TPSA) is 255 Å². The third-order valence-corrected chi connectivity index (χ3v) is 5.08. The molecular formula is C21H16N8O10. The van der Waals surface area contributed by atoms with E-state index in [2.05, 4.69) is 21.7 Å².